The van der Waals surface area contributed by atoms with Crippen molar-refractivity contribution >= 4 is 28.6 Å². The number of ether oxygens (including phenoxy) is 1. The molecule has 0 amide bonds. The predicted molar refractivity (Wildman–Crippen MR) is 79.9 cm³/mol. The molecule has 0 N–H and O–H groups in total. The first-order chi connectivity index (χ1) is 9.47. The average Bonchev–Trinajstić information content (AvgIpc) is 2.68. The molecule has 5 heteroatoms. The van der Waals surface area contributed by atoms with Gasteiger partial charge < -0.3 is 9.30 Å². The lowest BCUT2D eigenvalue weighted by molar-refractivity contribution is -0.146. The van der Waals surface area contributed by atoms with Crippen LogP contribution in [-0.4, -0.2) is 22.1 Å². The van der Waals surface area contributed by atoms with Crippen LogP contribution in [0.5, 0.6) is 0 Å². The minimum Gasteiger partial charge on any atom is -0.465 e. The van der Waals surface area contributed by atoms with Gasteiger partial charge in [0.2, 0.25) is 0 Å². The van der Waals surface area contributed by atoms with E-state index in [2.05, 4.69) is 4.98 Å². The molecule has 0 saturated carbocycles. The molecule has 1 aromatic heterocycles. The van der Waals surface area contributed by atoms with Gasteiger partial charge in [0.1, 0.15) is 11.7 Å². The first kappa shape index (κ1) is 14.9. The van der Waals surface area contributed by atoms with Crippen LogP contribution < -0.4 is 0 Å². The molecule has 0 saturated heterocycles. The van der Waals surface area contributed by atoms with E-state index < -0.39 is 0 Å². The Labute approximate surface area is 123 Å². The van der Waals surface area contributed by atoms with Gasteiger partial charge in [0.05, 0.1) is 22.7 Å². The number of carbonyl (C=O) groups is 1. The fraction of sp³-hybridized carbons (Fsp3) is 0.467. The van der Waals surface area contributed by atoms with E-state index in [1.807, 2.05) is 43.7 Å². The number of hydrogen-bond acceptors (Lipinski definition) is 3. The number of halogens is 1. The molecule has 2 rings (SSSR count). The van der Waals surface area contributed by atoms with E-state index >= 15 is 0 Å². The van der Waals surface area contributed by atoms with Gasteiger partial charge in [0, 0.05) is 7.05 Å². The zero-order valence-electron chi connectivity index (χ0n) is 12.2. The number of rotatable bonds is 4. The Balaban J connectivity index is 2.57. The number of nitrogens with zero attached hydrogens (tertiary/aromatic N) is 2. The highest BCUT2D eigenvalue weighted by Gasteiger charge is 2.30. The quantitative estimate of drug-likeness (QED) is 0.810. The normalized spacial score (nSPS) is 12.9. The Bertz CT molecular complexity index is 634. The molecule has 2 aromatic rings. The Morgan fingerprint density at radius 2 is 2.15 bits per heavy atom. The molecule has 0 aliphatic rings. The fourth-order valence-corrected chi connectivity index (χ4v) is 2.72. The highest BCUT2D eigenvalue weighted by atomic mass is 35.5. The monoisotopic (exact) mass is 294 g/mol. The van der Waals surface area contributed by atoms with Gasteiger partial charge in [-0.15, -0.1) is 0 Å². The molecule has 0 spiro atoms. The van der Waals surface area contributed by atoms with E-state index in [1.54, 1.807) is 6.92 Å². The molecule has 0 bridgehead atoms. The lowest BCUT2D eigenvalue weighted by atomic mass is 9.95. The van der Waals surface area contributed by atoms with Crippen LogP contribution >= 0.6 is 11.6 Å². The number of fused-ring (bicyclic) bond motifs is 1. The third kappa shape index (κ3) is 2.52. The average molecular weight is 295 g/mol. The molecule has 108 valence electrons. The fourth-order valence-electron chi connectivity index (χ4n) is 2.43. The molecular formula is C15H19ClN2O2. The first-order valence-electron chi connectivity index (χ1n) is 6.74. The molecule has 1 atom stereocenters. The van der Waals surface area contributed by atoms with Gasteiger partial charge >= 0.3 is 5.97 Å². The lowest BCUT2D eigenvalue weighted by Gasteiger charge is -2.18. The van der Waals surface area contributed by atoms with Crippen molar-refractivity contribution in [2.24, 2.45) is 13.0 Å². The van der Waals surface area contributed by atoms with Crippen LogP contribution in [0, 0.1) is 5.92 Å². The number of aryl methyl sites for hydroxylation is 1. The second-order valence-electron chi connectivity index (χ2n) is 5.11. The number of esters is 1. The standard InChI is InChI=1S/C15H19ClN2O2/c1-5-20-15(19)12(9(2)3)14-17-11-8-6-7-10(16)13(11)18(14)4/h6-9,12H,5H2,1-4H3. The number of para-hydroxylation sites is 1. The summed E-state index contributed by atoms with van der Waals surface area (Å²) in [6.45, 7) is 6.15. The molecule has 0 radical (unpaired) electrons. The molecule has 4 nitrogen and oxygen atoms in total. The van der Waals surface area contributed by atoms with Crippen LogP contribution in [-0.2, 0) is 16.6 Å². The van der Waals surface area contributed by atoms with E-state index in [1.165, 1.54) is 0 Å². The summed E-state index contributed by atoms with van der Waals surface area (Å²) in [5, 5.41) is 0.634. The minimum atomic E-state index is -0.386. The van der Waals surface area contributed by atoms with Crippen LogP contribution in [0.1, 0.15) is 32.5 Å². The second-order valence-corrected chi connectivity index (χ2v) is 5.52. The first-order valence-corrected chi connectivity index (χ1v) is 7.12. The van der Waals surface area contributed by atoms with Crippen LogP contribution in [0.4, 0.5) is 0 Å². The van der Waals surface area contributed by atoms with Crippen LogP contribution in [0.25, 0.3) is 11.0 Å². The minimum absolute atomic E-state index is 0.100. The summed E-state index contributed by atoms with van der Waals surface area (Å²) in [5.74, 6) is 0.172. The number of carbonyl (C=O) groups excluding carboxylic acids is 1. The van der Waals surface area contributed by atoms with E-state index in [-0.39, 0.29) is 17.8 Å². The molecule has 1 unspecified atom stereocenters. The summed E-state index contributed by atoms with van der Waals surface area (Å²) < 4.78 is 7.06. The van der Waals surface area contributed by atoms with Gasteiger partial charge in [-0.05, 0) is 25.0 Å². The second kappa shape index (κ2) is 5.83. The van der Waals surface area contributed by atoms with E-state index in [0.29, 0.717) is 17.5 Å². The highest BCUT2D eigenvalue weighted by molar-refractivity contribution is 6.35. The van der Waals surface area contributed by atoms with Crippen molar-refractivity contribution in [3.8, 4) is 0 Å². The topological polar surface area (TPSA) is 44.1 Å². The largest absolute Gasteiger partial charge is 0.465 e. The van der Waals surface area contributed by atoms with Gasteiger partial charge in [-0.3, -0.25) is 4.79 Å². The van der Waals surface area contributed by atoms with Gasteiger partial charge in [-0.1, -0.05) is 31.5 Å². The SMILES string of the molecule is CCOC(=O)C(c1nc2cccc(Cl)c2n1C)C(C)C. The lowest BCUT2D eigenvalue weighted by Crippen LogP contribution is -2.23. The van der Waals surface area contributed by atoms with Crippen LogP contribution in [0.2, 0.25) is 5.02 Å². The maximum atomic E-state index is 12.2. The molecule has 20 heavy (non-hydrogen) atoms. The van der Waals surface area contributed by atoms with Crippen molar-refractivity contribution < 1.29 is 9.53 Å². The summed E-state index contributed by atoms with van der Waals surface area (Å²) in [4.78, 5) is 16.8. The molecule has 1 heterocycles. The molecule has 0 fully saturated rings. The Morgan fingerprint density at radius 1 is 1.45 bits per heavy atom. The Hall–Kier alpha value is -1.55. The number of benzene rings is 1. The van der Waals surface area contributed by atoms with Gasteiger partial charge in [0.15, 0.2) is 0 Å². The summed E-state index contributed by atoms with van der Waals surface area (Å²) >= 11 is 6.22. The van der Waals surface area contributed by atoms with Gasteiger partial charge in [-0.25, -0.2) is 4.98 Å². The maximum Gasteiger partial charge on any atom is 0.316 e. The zero-order valence-corrected chi connectivity index (χ0v) is 12.9. The van der Waals surface area contributed by atoms with E-state index in [4.69, 9.17) is 16.3 Å². The molecule has 0 aliphatic heterocycles. The van der Waals surface area contributed by atoms with Crippen molar-refractivity contribution in [2.75, 3.05) is 6.61 Å². The third-order valence-electron chi connectivity index (χ3n) is 3.36. The van der Waals surface area contributed by atoms with Crippen molar-refractivity contribution in [1.82, 2.24) is 9.55 Å². The summed E-state index contributed by atoms with van der Waals surface area (Å²) in [6, 6.07) is 5.58. The van der Waals surface area contributed by atoms with Gasteiger partial charge in [-0.2, -0.15) is 0 Å². The predicted octanol–water partition coefficient (Wildman–Crippen LogP) is 3.53. The summed E-state index contributed by atoms with van der Waals surface area (Å²) in [5.41, 5.74) is 1.64. The number of hydrogen-bond donors (Lipinski definition) is 0. The Morgan fingerprint density at radius 3 is 2.70 bits per heavy atom. The van der Waals surface area contributed by atoms with Crippen molar-refractivity contribution in [1.29, 1.82) is 0 Å². The molecule has 0 aliphatic carbocycles. The number of imidazole rings is 1. The molecule has 1 aromatic carbocycles. The molecular weight excluding hydrogens is 276 g/mol. The van der Waals surface area contributed by atoms with Crippen molar-refractivity contribution in [2.45, 2.75) is 26.7 Å². The van der Waals surface area contributed by atoms with E-state index in [0.717, 1.165) is 11.0 Å². The van der Waals surface area contributed by atoms with Crippen molar-refractivity contribution in [3.05, 3.63) is 29.0 Å². The number of aromatic nitrogens is 2. The maximum absolute atomic E-state index is 12.2. The Kier molecular flexibility index (Phi) is 4.33. The van der Waals surface area contributed by atoms with Crippen LogP contribution in [0.3, 0.4) is 0 Å². The summed E-state index contributed by atoms with van der Waals surface area (Å²) in [7, 11) is 1.88. The zero-order chi connectivity index (χ0) is 14.9. The third-order valence-corrected chi connectivity index (χ3v) is 3.67. The highest BCUT2D eigenvalue weighted by Crippen LogP contribution is 2.30. The summed E-state index contributed by atoms with van der Waals surface area (Å²) in [6.07, 6.45) is 0. The van der Waals surface area contributed by atoms with Crippen LogP contribution in [0.15, 0.2) is 18.2 Å². The van der Waals surface area contributed by atoms with E-state index in [9.17, 15) is 4.79 Å². The van der Waals surface area contributed by atoms with Crippen molar-refractivity contribution in [3.63, 3.8) is 0 Å². The smallest absolute Gasteiger partial charge is 0.316 e. The van der Waals surface area contributed by atoms with Gasteiger partial charge in [0.25, 0.3) is 0 Å².